The molecule has 0 fully saturated rings. The van der Waals surface area contributed by atoms with Gasteiger partial charge in [-0.15, -0.1) is 0 Å². The number of hydrogen-bond acceptors (Lipinski definition) is 2. The number of anilines is 1. The number of nitrogens with one attached hydrogen (secondary N) is 1. The Morgan fingerprint density at radius 3 is 2.20 bits per heavy atom. The molecule has 0 aliphatic carbocycles. The molecular weight excluding hydrogens is 450 g/mol. The van der Waals surface area contributed by atoms with Gasteiger partial charge < -0.3 is 5.32 Å². The molecule has 0 atom stereocenters. The average molecular weight is 467 g/mol. The largest absolute Gasteiger partial charge is 0.329 e. The van der Waals surface area contributed by atoms with E-state index in [-0.39, 0.29) is 18.1 Å². The van der Waals surface area contributed by atoms with Gasteiger partial charge >= 0.3 is 5.69 Å². The number of amides is 1. The second kappa shape index (κ2) is 7.17. The molecule has 1 heterocycles. The van der Waals surface area contributed by atoms with E-state index in [4.69, 9.17) is 0 Å². The normalized spacial score (nSPS) is 11.0. The highest BCUT2D eigenvalue weighted by atomic mass is 79.9. The monoisotopic (exact) mass is 465 g/mol. The third-order valence-corrected chi connectivity index (χ3v) is 5.24. The lowest BCUT2D eigenvalue weighted by Gasteiger charge is -2.11. The summed E-state index contributed by atoms with van der Waals surface area (Å²) in [5.41, 5.74) is 3.13. The Morgan fingerprint density at radius 1 is 1.08 bits per heavy atom. The molecule has 0 radical (unpaired) electrons. The smallest absolute Gasteiger partial charge is 0.323 e. The molecule has 0 unspecified atom stereocenters. The highest BCUT2D eigenvalue weighted by molar-refractivity contribution is 9.11. The van der Waals surface area contributed by atoms with Gasteiger partial charge in [0.25, 0.3) is 0 Å². The van der Waals surface area contributed by atoms with Crippen molar-refractivity contribution in [2.75, 3.05) is 5.32 Å². The predicted octanol–water partition coefficient (Wildman–Crippen LogP) is 4.30. The van der Waals surface area contributed by atoms with Gasteiger partial charge in [0.1, 0.15) is 6.54 Å². The zero-order chi connectivity index (χ0) is 18.1. The number of aromatic nitrogens is 2. The summed E-state index contributed by atoms with van der Waals surface area (Å²) in [6.45, 7) is 4.40. The first-order chi connectivity index (χ1) is 11.9. The molecule has 1 N–H and O–H groups in total. The summed E-state index contributed by atoms with van der Waals surface area (Å²) < 4.78 is 4.75. The number of fused-ring (bicyclic) bond motifs is 1. The van der Waals surface area contributed by atoms with Gasteiger partial charge in [-0.1, -0.05) is 12.1 Å². The number of aryl methyl sites for hydroxylation is 2. The fourth-order valence-corrected chi connectivity index (χ4v) is 4.49. The van der Waals surface area contributed by atoms with Crippen LogP contribution in [0.4, 0.5) is 5.69 Å². The molecule has 1 aromatic heterocycles. The second-order valence-corrected chi connectivity index (χ2v) is 7.46. The van der Waals surface area contributed by atoms with Crippen LogP contribution in [0.1, 0.15) is 12.5 Å². The second-order valence-electron chi connectivity index (χ2n) is 5.75. The van der Waals surface area contributed by atoms with Gasteiger partial charge in [-0.2, -0.15) is 0 Å². The lowest BCUT2D eigenvalue weighted by Crippen LogP contribution is -2.29. The molecule has 0 aliphatic heterocycles. The van der Waals surface area contributed by atoms with E-state index in [1.807, 2.05) is 50.2 Å². The van der Waals surface area contributed by atoms with Crippen molar-refractivity contribution in [1.29, 1.82) is 0 Å². The molecule has 0 spiro atoms. The van der Waals surface area contributed by atoms with Crippen LogP contribution in [0.5, 0.6) is 0 Å². The maximum Gasteiger partial charge on any atom is 0.329 e. The molecule has 0 saturated heterocycles. The van der Waals surface area contributed by atoms with Gasteiger partial charge in [0.05, 0.1) is 16.7 Å². The standard InChI is InChI=1S/C18H17Br2N3O2/c1-3-22-14-6-4-5-7-15(14)23(18(22)25)10-16(24)21-17-12(19)8-11(2)9-13(17)20/h4-9H,3,10H2,1-2H3,(H,21,24). The van der Waals surface area contributed by atoms with Gasteiger partial charge in [0.15, 0.2) is 0 Å². The van der Waals surface area contributed by atoms with Crippen molar-refractivity contribution < 1.29 is 4.79 Å². The summed E-state index contributed by atoms with van der Waals surface area (Å²) in [5.74, 6) is -0.258. The van der Waals surface area contributed by atoms with Crippen molar-refractivity contribution in [3.63, 3.8) is 0 Å². The van der Waals surface area contributed by atoms with E-state index >= 15 is 0 Å². The summed E-state index contributed by atoms with van der Waals surface area (Å²) in [5, 5.41) is 2.87. The fourth-order valence-electron chi connectivity index (χ4n) is 2.87. The van der Waals surface area contributed by atoms with Crippen molar-refractivity contribution in [1.82, 2.24) is 9.13 Å². The number of carbonyl (C=O) groups is 1. The summed E-state index contributed by atoms with van der Waals surface area (Å²) in [7, 11) is 0. The first kappa shape index (κ1) is 17.9. The number of para-hydroxylation sites is 2. The van der Waals surface area contributed by atoms with E-state index < -0.39 is 0 Å². The highest BCUT2D eigenvalue weighted by Crippen LogP contribution is 2.32. The molecule has 5 nitrogen and oxygen atoms in total. The summed E-state index contributed by atoms with van der Waals surface area (Å²) >= 11 is 6.93. The Morgan fingerprint density at radius 2 is 1.64 bits per heavy atom. The van der Waals surface area contributed by atoms with Gasteiger partial charge in [0, 0.05) is 15.5 Å². The Bertz CT molecular complexity index is 998. The van der Waals surface area contributed by atoms with Gasteiger partial charge in [-0.05, 0) is 75.5 Å². The minimum absolute atomic E-state index is 0.0426. The summed E-state index contributed by atoms with van der Waals surface area (Å²) in [4.78, 5) is 25.2. The molecule has 25 heavy (non-hydrogen) atoms. The fraction of sp³-hybridized carbons (Fsp3) is 0.222. The van der Waals surface area contributed by atoms with E-state index in [1.54, 1.807) is 4.57 Å². The Balaban J connectivity index is 1.94. The summed E-state index contributed by atoms with van der Waals surface area (Å²) in [6.07, 6.45) is 0. The Kier molecular flexibility index (Phi) is 5.15. The van der Waals surface area contributed by atoms with Crippen LogP contribution in [0.15, 0.2) is 50.1 Å². The summed E-state index contributed by atoms with van der Waals surface area (Å²) in [6, 6.07) is 11.4. The van der Waals surface area contributed by atoms with E-state index in [0.717, 1.165) is 25.5 Å². The number of halogens is 2. The van der Waals surface area contributed by atoms with Crippen LogP contribution in [0.2, 0.25) is 0 Å². The van der Waals surface area contributed by atoms with Crippen LogP contribution >= 0.6 is 31.9 Å². The highest BCUT2D eigenvalue weighted by Gasteiger charge is 2.16. The van der Waals surface area contributed by atoms with Crippen molar-refractivity contribution in [3.05, 3.63) is 61.4 Å². The van der Waals surface area contributed by atoms with Crippen LogP contribution in [-0.2, 0) is 17.9 Å². The first-order valence-corrected chi connectivity index (χ1v) is 9.44. The van der Waals surface area contributed by atoms with E-state index in [2.05, 4.69) is 37.2 Å². The molecule has 0 saturated carbocycles. The van der Waals surface area contributed by atoms with Crippen LogP contribution in [0.25, 0.3) is 11.0 Å². The Hall–Kier alpha value is -1.86. The van der Waals surface area contributed by atoms with Crippen molar-refractivity contribution in [2.45, 2.75) is 26.9 Å². The predicted molar refractivity (Wildman–Crippen MR) is 107 cm³/mol. The third kappa shape index (κ3) is 3.43. The molecule has 0 aliphatic rings. The third-order valence-electron chi connectivity index (χ3n) is 3.99. The van der Waals surface area contributed by atoms with Crippen LogP contribution < -0.4 is 11.0 Å². The molecule has 1 amide bonds. The first-order valence-electron chi connectivity index (χ1n) is 7.86. The lowest BCUT2D eigenvalue weighted by molar-refractivity contribution is -0.116. The zero-order valence-corrected chi connectivity index (χ0v) is 17.0. The zero-order valence-electron chi connectivity index (χ0n) is 13.8. The SMILES string of the molecule is CCn1c(=O)n(CC(=O)Nc2c(Br)cc(C)cc2Br)c2ccccc21. The number of benzene rings is 2. The molecule has 3 rings (SSSR count). The minimum atomic E-state index is -0.258. The number of nitrogens with zero attached hydrogens (tertiary/aromatic N) is 2. The van der Waals surface area contributed by atoms with E-state index in [0.29, 0.717) is 12.2 Å². The molecular formula is C18H17Br2N3O2. The van der Waals surface area contributed by atoms with Crippen LogP contribution in [-0.4, -0.2) is 15.0 Å². The lowest BCUT2D eigenvalue weighted by atomic mass is 10.2. The topological polar surface area (TPSA) is 56.0 Å². The molecule has 130 valence electrons. The number of hydrogen-bond donors (Lipinski definition) is 1. The minimum Gasteiger partial charge on any atom is -0.323 e. The molecule has 2 aromatic carbocycles. The maximum atomic E-state index is 12.6. The van der Waals surface area contributed by atoms with Crippen molar-refractivity contribution >= 4 is 54.5 Å². The number of rotatable bonds is 4. The Labute approximate surface area is 161 Å². The molecule has 7 heteroatoms. The molecule has 0 bridgehead atoms. The van der Waals surface area contributed by atoms with Gasteiger partial charge in [-0.25, -0.2) is 4.79 Å². The quantitative estimate of drug-likeness (QED) is 0.623. The van der Waals surface area contributed by atoms with Crippen molar-refractivity contribution in [3.8, 4) is 0 Å². The van der Waals surface area contributed by atoms with E-state index in [9.17, 15) is 9.59 Å². The number of imidazole rings is 1. The van der Waals surface area contributed by atoms with Gasteiger partial charge in [0.2, 0.25) is 5.91 Å². The van der Waals surface area contributed by atoms with E-state index in [1.165, 1.54) is 4.57 Å². The number of carbonyl (C=O) groups excluding carboxylic acids is 1. The van der Waals surface area contributed by atoms with Crippen LogP contribution in [0, 0.1) is 6.92 Å². The van der Waals surface area contributed by atoms with Crippen LogP contribution in [0.3, 0.4) is 0 Å². The van der Waals surface area contributed by atoms with Crippen molar-refractivity contribution in [2.24, 2.45) is 0 Å². The maximum absolute atomic E-state index is 12.6. The average Bonchev–Trinajstić information content (AvgIpc) is 2.83. The van der Waals surface area contributed by atoms with Gasteiger partial charge in [-0.3, -0.25) is 13.9 Å². The molecule has 3 aromatic rings.